The number of hydrogen-bond acceptors (Lipinski definition) is 2. The first-order chi connectivity index (χ1) is 13.8. The molecule has 168 valence electrons. The Labute approximate surface area is 180 Å². The molecule has 1 aromatic carbocycles. The largest absolute Gasteiger partial charge is 0.322 e. The molecule has 0 aliphatic rings. The molecule has 0 saturated heterocycles. The second kappa shape index (κ2) is 14.2. The van der Waals surface area contributed by atoms with Crippen molar-refractivity contribution in [3.8, 4) is 0 Å². The van der Waals surface area contributed by atoms with E-state index in [0.29, 0.717) is 12.5 Å². The Kier molecular flexibility index (Phi) is 12.8. The van der Waals surface area contributed by atoms with Gasteiger partial charge >= 0.3 is 0 Å². The van der Waals surface area contributed by atoms with E-state index in [9.17, 15) is 8.42 Å². The third-order valence-corrected chi connectivity index (χ3v) is 6.80. The fourth-order valence-corrected chi connectivity index (χ4v) is 4.72. The summed E-state index contributed by atoms with van der Waals surface area (Å²) in [5.74, 6) is -0.158. The van der Waals surface area contributed by atoms with Gasteiger partial charge in [-0.1, -0.05) is 95.0 Å². The van der Waals surface area contributed by atoms with Crippen LogP contribution in [0.5, 0.6) is 0 Å². The Balaban J connectivity index is 2.44. The Bertz CT molecular complexity index is 629. The van der Waals surface area contributed by atoms with Gasteiger partial charge in [-0.15, -0.1) is 0 Å². The van der Waals surface area contributed by atoms with Gasteiger partial charge < -0.3 is 4.48 Å². The lowest BCUT2D eigenvalue weighted by atomic mass is 9.96. The van der Waals surface area contributed by atoms with Gasteiger partial charge in [-0.2, -0.15) is 8.42 Å². The number of rotatable bonds is 17. The van der Waals surface area contributed by atoms with E-state index in [1.807, 2.05) is 6.07 Å². The van der Waals surface area contributed by atoms with Crippen molar-refractivity contribution in [1.29, 1.82) is 0 Å². The van der Waals surface area contributed by atoms with Crippen LogP contribution >= 0.6 is 0 Å². The van der Waals surface area contributed by atoms with Crippen LogP contribution in [0.25, 0.3) is 0 Å². The maximum Gasteiger partial charge on any atom is 0.265 e. The fraction of sp³-hybridized carbons (Fsp3) is 0.750. The summed E-state index contributed by atoms with van der Waals surface area (Å²) in [5, 5.41) is 0. The standard InChI is InChI=1S/C24H43NO3S/c1-4-5-6-7-8-9-10-11-12-16-20-24(23-18-14-13-15-19-23)25(2,3)21-17-22-29(26,27)28/h13-15,18-19,24H,4-12,16-17,20-22H2,1-3H3/p+1. The fourth-order valence-electron chi connectivity index (χ4n) is 4.23. The first-order valence-electron chi connectivity index (χ1n) is 11.6. The highest BCUT2D eigenvalue weighted by atomic mass is 32.2. The van der Waals surface area contributed by atoms with Crippen molar-refractivity contribution in [2.24, 2.45) is 0 Å². The van der Waals surface area contributed by atoms with Crippen molar-refractivity contribution in [3.05, 3.63) is 35.9 Å². The number of benzene rings is 1. The highest BCUT2D eigenvalue weighted by molar-refractivity contribution is 7.85. The summed E-state index contributed by atoms with van der Waals surface area (Å²) in [6.45, 7) is 2.99. The molecule has 0 aromatic heterocycles. The van der Waals surface area contributed by atoms with Gasteiger partial charge in [-0.05, 0) is 6.42 Å². The van der Waals surface area contributed by atoms with Gasteiger partial charge in [-0.3, -0.25) is 4.55 Å². The zero-order chi connectivity index (χ0) is 21.6. The molecule has 1 N–H and O–H groups in total. The average molecular weight is 427 g/mol. The van der Waals surface area contributed by atoms with Gasteiger partial charge in [0.2, 0.25) is 0 Å². The van der Waals surface area contributed by atoms with Crippen molar-refractivity contribution in [2.45, 2.75) is 90.0 Å². The zero-order valence-corrected chi connectivity index (χ0v) is 19.8. The molecular weight excluding hydrogens is 382 g/mol. The lowest BCUT2D eigenvalue weighted by Crippen LogP contribution is -2.44. The molecule has 5 heteroatoms. The van der Waals surface area contributed by atoms with E-state index >= 15 is 0 Å². The number of unbranched alkanes of at least 4 members (excludes halogenated alkanes) is 9. The summed E-state index contributed by atoms with van der Waals surface area (Å²) in [5.41, 5.74) is 1.32. The molecule has 0 amide bonds. The molecule has 0 saturated carbocycles. The van der Waals surface area contributed by atoms with Gasteiger partial charge in [0.05, 0.1) is 26.4 Å². The quantitative estimate of drug-likeness (QED) is 0.178. The van der Waals surface area contributed by atoms with E-state index in [2.05, 4.69) is 45.3 Å². The lowest BCUT2D eigenvalue weighted by molar-refractivity contribution is -0.921. The predicted molar refractivity (Wildman–Crippen MR) is 124 cm³/mol. The van der Waals surface area contributed by atoms with Crippen LogP contribution in [0.4, 0.5) is 0 Å². The van der Waals surface area contributed by atoms with Crippen LogP contribution in [0.3, 0.4) is 0 Å². The molecule has 4 nitrogen and oxygen atoms in total. The SMILES string of the molecule is CCCCCCCCCCCCC(c1ccccc1)[N+](C)(C)CCCS(=O)(=O)O. The molecule has 0 aliphatic carbocycles. The van der Waals surface area contributed by atoms with Crippen molar-refractivity contribution >= 4 is 10.1 Å². The van der Waals surface area contributed by atoms with Crippen molar-refractivity contribution in [3.63, 3.8) is 0 Å². The van der Waals surface area contributed by atoms with Gasteiger partial charge in [0.25, 0.3) is 10.1 Å². The molecule has 0 radical (unpaired) electrons. The Morgan fingerprint density at radius 1 is 0.828 bits per heavy atom. The minimum atomic E-state index is -3.88. The van der Waals surface area contributed by atoms with E-state index in [0.717, 1.165) is 17.4 Å². The highest BCUT2D eigenvalue weighted by Gasteiger charge is 2.29. The first-order valence-corrected chi connectivity index (χ1v) is 13.2. The molecule has 0 fully saturated rings. The molecule has 0 heterocycles. The Morgan fingerprint density at radius 2 is 1.34 bits per heavy atom. The van der Waals surface area contributed by atoms with Crippen LogP contribution < -0.4 is 0 Å². The van der Waals surface area contributed by atoms with Crippen LogP contribution in [-0.4, -0.2) is 43.8 Å². The van der Waals surface area contributed by atoms with E-state index < -0.39 is 10.1 Å². The van der Waals surface area contributed by atoms with Gasteiger partial charge in [0, 0.05) is 18.4 Å². The second-order valence-corrected chi connectivity index (χ2v) is 10.6. The van der Waals surface area contributed by atoms with Crippen LogP contribution in [0, 0.1) is 0 Å². The van der Waals surface area contributed by atoms with Gasteiger partial charge in [-0.25, -0.2) is 0 Å². The molecule has 1 unspecified atom stereocenters. The monoisotopic (exact) mass is 426 g/mol. The summed E-state index contributed by atoms with van der Waals surface area (Å²) in [4.78, 5) is 0. The van der Waals surface area contributed by atoms with Crippen molar-refractivity contribution < 1.29 is 17.5 Å². The highest BCUT2D eigenvalue weighted by Crippen LogP contribution is 2.31. The van der Waals surface area contributed by atoms with Gasteiger partial charge in [0.15, 0.2) is 0 Å². The molecule has 0 bridgehead atoms. The summed E-state index contributed by atoms with van der Waals surface area (Å²) in [6.07, 6.45) is 14.9. The summed E-state index contributed by atoms with van der Waals surface area (Å²) in [6, 6.07) is 10.9. The molecule has 1 aromatic rings. The maximum absolute atomic E-state index is 11.1. The van der Waals surface area contributed by atoms with Crippen LogP contribution in [-0.2, 0) is 10.1 Å². The van der Waals surface area contributed by atoms with E-state index in [1.54, 1.807) is 0 Å². The number of hydrogen-bond donors (Lipinski definition) is 1. The van der Waals surface area contributed by atoms with E-state index in [1.165, 1.54) is 69.8 Å². The molecule has 29 heavy (non-hydrogen) atoms. The summed E-state index contributed by atoms with van der Waals surface area (Å²) in [7, 11) is 0.473. The molecule has 0 aliphatic heterocycles. The molecular formula is C24H44NO3S+. The summed E-state index contributed by atoms with van der Waals surface area (Å²) >= 11 is 0. The van der Waals surface area contributed by atoms with Crippen molar-refractivity contribution in [1.82, 2.24) is 0 Å². The smallest absolute Gasteiger partial charge is 0.265 e. The third kappa shape index (κ3) is 12.4. The zero-order valence-electron chi connectivity index (χ0n) is 19.0. The van der Waals surface area contributed by atoms with Crippen LogP contribution in [0.2, 0.25) is 0 Å². The minimum absolute atomic E-state index is 0.158. The molecule has 0 spiro atoms. The third-order valence-electron chi connectivity index (χ3n) is 6.00. The Hall–Kier alpha value is -0.910. The van der Waals surface area contributed by atoms with E-state index in [-0.39, 0.29) is 5.75 Å². The summed E-state index contributed by atoms with van der Waals surface area (Å²) < 4.78 is 31.9. The second-order valence-electron chi connectivity index (χ2n) is 9.04. The maximum atomic E-state index is 11.1. The van der Waals surface area contributed by atoms with Crippen molar-refractivity contribution in [2.75, 3.05) is 26.4 Å². The lowest BCUT2D eigenvalue weighted by Gasteiger charge is -2.38. The molecule has 1 rings (SSSR count). The number of nitrogens with zero attached hydrogens (tertiary/aromatic N) is 1. The Morgan fingerprint density at radius 3 is 1.86 bits per heavy atom. The van der Waals surface area contributed by atoms with Crippen LogP contribution in [0.1, 0.15) is 95.6 Å². The first kappa shape index (κ1) is 26.1. The van der Waals surface area contributed by atoms with E-state index in [4.69, 9.17) is 4.55 Å². The average Bonchev–Trinajstić information content (AvgIpc) is 2.65. The topological polar surface area (TPSA) is 54.4 Å². The minimum Gasteiger partial charge on any atom is -0.322 e. The predicted octanol–water partition coefficient (Wildman–Crippen LogP) is 6.39. The number of quaternary nitrogens is 1. The van der Waals surface area contributed by atoms with Gasteiger partial charge in [0.1, 0.15) is 6.04 Å². The van der Waals surface area contributed by atoms with Crippen LogP contribution in [0.15, 0.2) is 30.3 Å². The molecule has 1 atom stereocenters. The normalized spacial score (nSPS) is 13.5.